The average molecular weight is 117 g/mol. The number of hydrogen-bond donors (Lipinski definition) is 2. The van der Waals surface area contributed by atoms with Gasteiger partial charge in [0.15, 0.2) is 0 Å². The van der Waals surface area contributed by atoms with Gasteiger partial charge in [-0.25, -0.2) is 4.79 Å². The fourth-order valence-corrected chi connectivity index (χ4v) is 0.584. The van der Waals surface area contributed by atoms with Gasteiger partial charge in [0.25, 0.3) is 0 Å². The molecule has 1 saturated heterocycles. The molecule has 1 fully saturated rings. The average Bonchev–Trinajstić information content (AvgIpc) is 2.12. The number of hydrogen-bond acceptors (Lipinski definition) is 3. The molecule has 4 heteroatoms. The van der Waals surface area contributed by atoms with E-state index in [1.54, 1.807) is 0 Å². The zero-order valence-electron chi connectivity index (χ0n) is 4.26. The van der Waals surface area contributed by atoms with Crippen LogP contribution >= 0.6 is 0 Å². The SMILES string of the molecule is O=C(O)[C@@H]1NCCO1. The van der Waals surface area contributed by atoms with Crippen molar-refractivity contribution in [1.29, 1.82) is 0 Å². The summed E-state index contributed by atoms with van der Waals surface area (Å²) in [7, 11) is 0. The van der Waals surface area contributed by atoms with Crippen LogP contribution in [0.4, 0.5) is 0 Å². The van der Waals surface area contributed by atoms with Gasteiger partial charge < -0.3 is 9.84 Å². The van der Waals surface area contributed by atoms with Crippen molar-refractivity contribution >= 4 is 5.97 Å². The molecule has 0 saturated carbocycles. The Labute approximate surface area is 46.4 Å². The van der Waals surface area contributed by atoms with E-state index in [2.05, 4.69) is 5.32 Å². The van der Waals surface area contributed by atoms with E-state index >= 15 is 0 Å². The maximum Gasteiger partial charge on any atom is 0.348 e. The highest BCUT2D eigenvalue weighted by Gasteiger charge is 2.20. The molecule has 1 aliphatic rings. The maximum atomic E-state index is 10.0. The van der Waals surface area contributed by atoms with Crippen LogP contribution in [-0.2, 0) is 9.53 Å². The zero-order chi connectivity index (χ0) is 5.98. The second-order valence-electron chi connectivity index (χ2n) is 1.54. The lowest BCUT2D eigenvalue weighted by Gasteiger charge is -1.99. The first kappa shape index (κ1) is 5.53. The first-order chi connectivity index (χ1) is 3.80. The summed E-state index contributed by atoms with van der Waals surface area (Å²) in [5, 5.41) is 10.9. The molecule has 1 heterocycles. The third-order valence-electron chi connectivity index (χ3n) is 0.941. The molecule has 8 heavy (non-hydrogen) atoms. The monoisotopic (exact) mass is 117 g/mol. The molecule has 0 aromatic carbocycles. The van der Waals surface area contributed by atoms with Crippen molar-refractivity contribution in [2.24, 2.45) is 0 Å². The van der Waals surface area contributed by atoms with Crippen LogP contribution in [0.5, 0.6) is 0 Å². The Kier molecular flexibility index (Phi) is 1.45. The van der Waals surface area contributed by atoms with E-state index in [0.717, 1.165) is 0 Å². The van der Waals surface area contributed by atoms with Crippen LogP contribution < -0.4 is 5.32 Å². The number of aliphatic carboxylic acids is 1. The molecule has 0 aliphatic carbocycles. The third-order valence-corrected chi connectivity index (χ3v) is 0.941. The number of carboxylic acid groups (broad SMARTS) is 1. The molecule has 0 aromatic rings. The summed E-state index contributed by atoms with van der Waals surface area (Å²) in [5.41, 5.74) is 0. The van der Waals surface area contributed by atoms with Crippen molar-refractivity contribution < 1.29 is 14.6 Å². The minimum atomic E-state index is -0.942. The van der Waals surface area contributed by atoms with E-state index in [9.17, 15) is 4.79 Å². The van der Waals surface area contributed by atoms with Gasteiger partial charge in [-0.3, -0.25) is 5.32 Å². The summed E-state index contributed by atoms with van der Waals surface area (Å²) < 4.78 is 4.70. The molecule has 1 aliphatic heterocycles. The Hall–Kier alpha value is -0.610. The van der Waals surface area contributed by atoms with E-state index in [1.165, 1.54) is 0 Å². The highest BCUT2D eigenvalue weighted by atomic mass is 16.5. The molecular formula is C4H7NO3. The lowest BCUT2D eigenvalue weighted by Crippen LogP contribution is -2.31. The summed E-state index contributed by atoms with van der Waals surface area (Å²) in [6.07, 6.45) is -0.769. The Balaban J connectivity index is 2.35. The first-order valence-electron chi connectivity index (χ1n) is 2.38. The van der Waals surface area contributed by atoms with Gasteiger partial charge in [-0.1, -0.05) is 0 Å². The van der Waals surface area contributed by atoms with Gasteiger partial charge in [0.1, 0.15) is 0 Å². The van der Waals surface area contributed by atoms with Gasteiger partial charge in [0, 0.05) is 6.54 Å². The van der Waals surface area contributed by atoms with E-state index in [-0.39, 0.29) is 0 Å². The maximum absolute atomic E-state index is 10.0. The highest BCUT2D eigenvalue weighted by Crippen LogP contribution is 1.92. The van der Waals surface area contributed by atoms with Gasteiger partial charge in [0.05, 0.1) is 6.61 Å². The number of carbonyl (C=O) groups is 1. The van der Waals surface area contributed by atoms with E-state index < -0.39 is 12.2 Å². The Bertz CT molecular complexity index is 97.5. The summed E-state index contributed by atoms with van der Waals surface area (Å²) in [6.45, 7) is 1.13. The van der Waals surface area contributed by atoms with Crippen molar-refractivity contribution in [2.75, 3.05) is 13.2 Å². The molecule has 1 atom stereocenters. The van der Waals surface area contributed by atoms with Crippen molar-refractivity contribution in [2.45, 2.75) is 6.23 Å². The van der Waals surface area contributed by atoms with Gasteiger partial charge in [-0.05, 0) is 0 Å². The minimum Gasteiger partial charge on any atom is -0.478 e. The zero-order valence-corrected chi connectivity index (χ0v) is 4.26. The summed E-state index contributed by atoms with van der Waals surface area (Å²) in [6, 6.07) is 0. The van der Waals surface area contributed by atoms with Crippen LogP contribution in [0.3, 0.4) is 0 Å². The molecule has 4 nitrogen and oxygen atoms in total. The lowest BCUT2D eigenvalue weighted by molar-refractivity contribution is -0.148. The predicted octanol–water partition coefficient (Wildman–Crippen LogP) is -0.983. The summed E-state index contributed by atoms with van der Waals surface area (Å²) in [4.78, 5) is 10.0. The van der Waals surface area contributed by atoms with E-state index in [1.807, 2.05) is 0 Å². The van der Waals surface area contributed by atoms with Gasteiger partial charge in [0.2, 0.25) is 6.23 Å². The topological polar surface area (TPSA) is 58.6 Å². The largest absolute Gasteiger partial charge is 0.478 e. The first-order valence-corrected chi connectivity index (χ1v) is 2.38. The van der Waals surface area contributed by atoms with Gasteiger partial charge in [-0.15, -0.1) is 0 Å². The molecule has 0 bridgehead atoms. The summed E-state index contributed by atoms with van der Waals surface area (Å²) in [5.74, 6) is -0.942. The quantitative estimate of drug-likeness (QED) is 0.463. The second kappa shape index (κ2) is 2.11. The third kappa shape index (κ3) is 0.962. The molecule has 0 aromatic heterocycles. The van der Waals surface area contributed by atoms with Gasteiger partial charge >= 0.3 is 5.97 Å². The lowest BCUT2D eigenvalue weighted by atomic mass is 10.6. The predicted molar refractivity (Wildman–Crippen MR) is 25.4 cm³/mol. The Morgan fingerprint density at radius 1 is 1.88 bits per heavy atom. The second-order valence-corrected chi connectivity index (χ2v) is 1.54. The fraction of sp³-hybridized carbons (Fsp3) is 0.750. The molecule has 46 valence electrons. The van der Waals surface area contributed by atoms with Crippen molar-refractivity contribution in [1.82, 2.24) is 5.32 Å². The van der Waals surface area contributed by atoms with E-state index in [0.29, 0.717) is 13.2 Å². The van der Waals surface area contributed by atoms with Crippen molar-refractivity contribution in [3.05, 3.63) is 0 Å². The van der Waals surface area contributed by atoms with Crippen LogP contribution in [-0.4, -0.2) is 30.5 Å². The molecule has 2 N–H and O–H groups in total. The Morgan fingerprint density at radius 2 is 2.62 bits per heavy atom. The van der Waals surface area contributed by atoms with Crippen molar-refractivity contribution in [3.8, 4) is 0 Å². The molecule has 1 rings (SSSR count). The molecular weight excluding hydrogens is 110 g/mol. The number of carboxylic acids is 1. The number of ether oxygens (including phenoxy) is 1. The molecule has 0 unspecified atom stereocenters. The summed E-state index contributed by atoms with van der Waals surface area (Å²) >= 11 is 0. The van der Waals surface area contributed by atoms with Gasteiger partial charge in [-0.2, -0.15) is 0 Å². The van der Waals surface area contributed by atoms with Crippen LogP contribution in [0.15, 0.2) is 0 Å². The van der Waals surface area contributed by atoms with E-state index in [4.69, 9.17) is 9.84 Å². The van der Waals surface area contributed by atoms with Crippen LogP contribution in [0.25, 0.3) is 0 Å². The number of nitrogens with one attached hydrogen (secondary N) is 1. The molecule has 0 amide bonds. The van der Waals surface area contributed by atoms with Crippen LogP contribution in [0, 0.1) is 0 Å². The Morgan fingerprint density at radius 3 is 2.88 bits per heavy atom. The van der Waals surface area contributed by atoms with Crippen LogP contribution in [0.1, 0.15) is 0 Å². The van der Waals surface area contributed by atoms with Crippen LogP contribution in [0.2, 0.25) is 0 Å². The number of rotatable bonds is 1. The smallest absolute Gasteiger partial charge is 0.348 e. The fourth-order valence-electron chi connectivity index (χ4n) is 0.584. The van der Waals surface area contributed by atoms with Crippen molar-refractivity contribution in [3.63, 3.8) is 0 Å². The molecule has 0 spiro atoms. The standard InChI is InChI=1S/C4H7NO3/c6-4(7)3-5-1-2-8-3/h3,5H,1-2H2,(H,6,7)/t3-/m1/s1. The minimum absolute atomic E-state index is 0.497. The normalized spacial score (nSPS) is 28.2. The highest BCUT2D eigenvalue weighted by molar-refractivity contribution is 5.71. The molecule has 0 radical (unpaired) electrons.